The summed E-state index contributed by atoms with van der Waals surface area (Å²) in [4.78, 5) is 12.1. The molecular formula is C21H25FN2O5S. The molecule has 1 heterocycles. The maximum absolute atomic E-state index is 14.3. The Morgan fingerprint density at radius 2 is 1.67 bits per heavy atom. The van der Waals surface area contributed by atoms with E-state index in [2.05, 4.69) is 5.32 Å². The van der Waals surface area contributed by atoms with Crippen molar-refractivity contribution in [1.29, 1.82) is 0 Å². The van der Waals surface area contributed by atoms with Gasteiger partial charge in [-0.2, -0.15) is 4.31 Å². The van der Waals surface area contributed by atoms with E-state index in [0.717, 1.165) is 37.0 Å². The van der Waals surface area contributed by atoms with Crippen molar-refractivity contribution in [2.45, 2.75) is 30.7 Å². The van der Waals surface area contributed by atoms with Crippen LogP contribution in [-0.4, -0.2) is 45.9 Å². The van der Waals surface area contributed by atoms with Gasteiger partial charge in [0.05, 0.1) is 14.2 Å². The average Bonchev–Trinajstić information content (AvgIpc) is 2.77. The molecule has 2 aromatic rings. The van der Waals surface area contributed by atoms with Crippen molar-refractivity contribution < 1.29 is 27.1 Å². The number of nitrogens with zero attached hydrogens (tertiary/aromatic N) is 1. The molecule has 1 saturated heterocycles. The lowest BCUT2D eigenvalue weighted by molar-refractivity contribution is 0.0950. The lowest BCUT2D eigenvalue weighted by Gasteiger charge is -2.26. The predicted octanol–water partition coefficient (Wildman–Crippen LogP) is 2.95. The molecule has 9 heteroatoms. The normalized spacial score (nSPS) is 14.9. The van der Waals surface area contributed by atoms with Crippen molar-refractivity contribution >= 4 is 15.9 Å². The topological polar surface area (TPSA) is 84.9 Å². The second-order valence-electron chi connectivity index (χ2n) is 7.01. The second-order valence-corrected chi connectivity index (χ2v) is 8.92. The number of carbonyl (C=O) groups is 1. The van der Waals surface area contributed by atoms with E-state index >= 15 is 0 Å². The molecule has 0 aliphatic carbocycles. The molecule has 30 heavy (non-hydrogen) atoms. The summed E-state index contributed by atoms with van der Waals surface area (Å²) in [5.74, 6) is -0.216. The maximum atomic E-state index is 14.3. The fourth-order valence-electron chi connectivity index (χ4n) is 3.34. The Hall–Kier alpha value is -2.65. The number of amides is 1. The molecule has 0 unspecified atom stereocenters. The molecule has 0 radical (unpaired) electrons. The second kappa shape index (κ2) is 9.44. The first-order chi connectivity index (χ1) is 14.3. The largest absolute Gasteiger partial charge is 0.497 e. The summed E-state index contributed by atoms with van der Waals surface area (Å²) in [6.07, 6.45) is 2.43. The summed E-state index contributed by atoms with van der Waals surface area (Å²) in [6, 6.07) is 8.59. The van der Waals surface area contributed by atoms with Crippen LogP contribution in [0.3, 0.4) is 0 Å². The molecule has 0 saturated carbocycles. The van der Waals surface area contributed by atoms with E-state index in [9.17, 15) is 17.6 Å². The molecular weight excluding hydrogens is 411 g/mol. The van der Waals surface area contributed by atoms with Gasteiger partial charge in [-0.3, -0.25) is 4.79 Å². The third-order valence-corrected chi connectivity index (χ3v) is 6.90. The summed E-state index contributed by atoms with van der Waals surface area (Å²) in [5.41, 5.74) is 0.810. The average molecular weight is 437 g/mol. The van der Waals surface area contributed by atoms with Crippen LogP contribution in [0.25, 0.3) is 0 Å². The van der Waals surface area contributed by atoms with Crippen LogP contribution in [0.4, 0.5) is 4.39 Å². The highest BCUT2D eigenvalue weighted by atomic mass is 32.2. The first-order valence-electron chi connectivity index (χ1n) is 9.65. The van der Waals surface area contributed by atoms with Gasteiger partial charge in [-0.25, -0.2) is 12.8 Å². The summed E-state index contributed by atoms with van der Waals surface area (Å²) >= 11 is 0. The van der Waals surface area contributed by atoms with Gasteiger partial charge in [-0.1, -0.05) is 6.42 Å². The van der Waals surface area contributed by atoms with Gasteiger partial charge in [-0.15, -0.1) is 0 Å². The first-order valence-corrected chi connectivity index (χ1v) is 11.1. The van der Waals surface area contributed by atoms with Crippen LogP contribution in [0, 0.1) is 5.82 Å². The van der Waals surface area contributed by atoms with Crippen LogP contribution in [0.15, 0.2) is 41.3 Å². The maximum Gasteiger partial charge on any atom is 0.251 e. The monoisotopic (exact) mass is 436 g/mol. The zero-order valence-electron chi connectivity index (χ0n) is 17.0. The Morgan fingerprint density at radius 1 is 1.03 bits per heavy atom. The van der Waals surface area contributed by atoms with E-state index in [1.165, 1.54) is 24.6 Å². The van der Waals surface area contributed by atoms with Gasteiger partial charge in [0, 0.05) is 31.3 Å². The highest BCUT2D eigenvalue weighted by Gasteiger charge is 2.29. The molecule has 0 spiro atoms. The molecule has 1 aliphatic heterocycles. The van der Waals surface area contributed by atoms with Crippen molar-refractivity contribution in [1.82, 2.24) is 9.62 Å². The van der Waals surface area contributed by atoms with E-state index in [1.807, 2.05) is 0 Å². The molecule has 1 N–H and O–H groups in total. The number of nitrogens with one attached hydrogen (secondary N) is 1. The number of hydrogen-bond acceptors (Lipinski definition) is 5. The number of carbonyl (C=O) groups excluding carboxylic acids is 1. The van der Waals surface area contributed by atoms with E-state index in [1.54, 1.807) is 18.2 Å². The molecule has 0 atom stereocenters. The molecule has 7 nitrogen and oxygen atoms in total. The third kappa shape index (κ3) is 4.91. The Morgan fingerprint density at radius 3 is 2.27 bits per heavy atom. The van der Waals surface area contributed by atoms with Gasteiger partial charge >= 0.3 is 0 Å². The van der Waals surface area contributed by atoms with Crippen molar-refractivity contribution in [3.8, 4) is 11.5 Å². The number of benzene rings is 2. The minimum Gasteiger partial charge on any atom is -0.497 e. The number of ether oxygens (including phenoxy) is 2. The Labute approximate surface area is 175 Å². The van der Waals surface area contributed by atoms with Gasteiger partial charge in [-0.05, 0) is 48.7 Å². The minimum absolute atomic E-state index is 0.0712. The van der Waals surface area contributed by atoms with Crippen LogP contribution in [0.2, 0.25) is 0 Å². The smallest absolute Gasteiger partial charge is 0.251 e. The van der Waals surface area contributed by atoms with Gasteiger partial charge in [0.2, 0.25) is 10.0 Å². The Balaban J connectivity index is 1.78. The van der Waals surface area contributed by atoms with Gasteiger partial charge in [0.25, 0.3) is 5.91 Å². The SMILES string of the molecule is COc1cc(CNC(=O)c2ccc(F)c(S(=O)(=O)N3CCCCC3)c2)cc(OC)c1. The third-order valence-electron chi connectivity index (χ3n) is 4.99. The Bertz CT molecular complexity index is 998. The van der Waals surface area contributed by atoms with Gasteiger partial charge < -0.3 is 14.8 Å². The highest BCUT2D eigenvalue weighted by molar-refractivity contribution is 7.89. The summed E-state index contributed by atoms with van der Waals surface area (Å²) < 4.78 is 51.7. The molecule has 1 fully saturated rings. The van der Waals surface area contributed by atoms with Gasteiger partial charge in [0.1, 0.15) is 22.2 Å². The molecule has 2 aromatic carbocycles. The van der Waals surface area contributed by atoms with E-state index in [0.29, 0.717) is 24.6 Å². The Kier molecular flexibility index (Phi) is 6.94. The summed E-state index contributed by atoms with van der Waals surface area (Å²) in [5, 5.41) is 2.71. The van der Waals surface area contributed by atoms with Gasteiger partial charge in [0.15, 0.2) is 0 Å². The number of hydrogen-bond donors (Lipinski definition) is 1. The highest BCUT2D eigenvalue weighted by Crippen LogP contribution is 2.25. The standard InChI is InChI=1S/C21H25FN2O5S/c1-28-17-10-15(11-18(13-17)29-2)14-23-21(25)16-6-7-19(22)20(12-16)30(26,27)24-8-4-3-5-9-24/h6-7,10-13H,3-5,8-9,14H2,1-2H3,(H,23,25). The van der Waals surface area contributed by atoms with Crippen LogP contribution < -0.4 is 14.8 Å². The zero-order chi connectivity index (χ0) is 21.7. The van der Waals surface area contributed by atoms with Crippen molar-refractivity contribution in [3.63, 3.8) is 0 Å². The zero-order valence-corrected chi connectivity index (χ0v) is 17.8. The van der Waals surface area contributed by atoms with Crippen LogP contribution in [0.1, 0.15) is 35.2 Å². The van der Waals surface area contributed by atoms with Crippen molar-refractivity contribution in [3.05, 3.63) is 53.3 Å². The number of rotatable bonds is 7. The van der Waals surface area contributed by atoms with Crippen molar-refractivity contribution in [2.24, 2.45) is 0 Å². The van der Waals surface area contributed by atoms with Crippen LogP contribution >= 0.6 is 0 Å². The quantitative estimate of drug-likeness (QED) is 0.721. The van der Waals surface area contributed by atoms with E-state index in [-0.39, 0.29) is 12.1 Å². The number of sulfonamides is 1. The molecule has 162 valence electrons. The predicted molar refractivity (Wildman–Crippen MR) is 110 cm³/mol. The first kappa shape index (κ1) is 22.0. The molecule has 1 amide bonds. The molecule has 0 bridgehead atoms. The lowest BCUT2D eigenvalue weighted by atomic mass is 10.1. The van der Waals surface area contributed by atoms with E-state index < -0.39 is 26.6 Å². The van der Waals surface area contributed by atoms with E-state index in [4.69, 9.17) is 9.47 Å². The summed E-state index contributed by atoms with van der Waals surface area (Å²) in [7, 11) is -0.933. The molecule has 1 aliphatic rings. The van der Waals surface area contributed by atoms with Crippen molar-refractivity contribution in [2.75, 3.05) is 27.3 Å². The number of piperidine rings is 1. The van der Waals surface area contributed by atoms with Crippen LogP contribution in [0.5, 0.6) is 11.5 Å². The van der Waals surface area contributed by atoms with Crippen LogP contribution in [-0.2, 0) is 16.6 Å². The minimum atomic E-state index is -3.99. The number of halogens is 1. The number of methoxy groups -OCH3 is 2. The fourth-order valence-corrected chi connectivity index (χ4v) is 4.95. The lowest BCUT2D eigenvalue weighted by Crippen LogP contribution is -2.36. The molecule has 3 rings (SSSR count). The fraction of sp³-hybridized carbons (Fsp3) is 0.381. The summed E-state index contributed by atoms with van der Waals surface area (Å²) in [6.45, 7) is 0.879. The molecule has 0 aromatic heterocycles.